The Morgan fingerprint density at radius 3 is 2.94 bits per heavy atom. The third-order valence-electron chi connectivity index (χ3n) is 2.40. The number of hydrazine groups is 1. The number of nitrogens with one attached hydrogen (secondary N) is 1. The van der Waals surface area contributed by atoms with Gasteiger partial charge in [0, 0.05) is 17.5 Å². The SMILES string of the molecule is CC#CCCC(Cc1cccc(Cl)c1)NN. The van der Waals surface area contributed by atoms with Gasteiger partial charge in [-0.1, -0.05) is 23.7 Å². The number of hydrogen-bond acceptors (Lipinski definition) is 2. The molecule has 0 spiro atoms. The zero-order valence-electron chi connectivity index (χ0n) is 9.46. The van der Waals surface area contributed by atoms with Gasteiger partial charge < -0.3 is 0 Å². The molecule has 0 saturated carbocycles. The number of nitrogens with two attached hydrogens (primary N) is 1. The Balaban J connectivity index is 2.51. The van der Waals surface area contributed by atoms with E-state index in [1.54, 1.807) is 0 Å². The van der Waals surface area contributed by atoms with Gasteiger partial charge in [-0.05, 0) is 37.5 Å². The average molecular weight is 237 g/mol. The molecular formula is C13H17ClN2. The first-order chi connectivity index (χ1) is 7.76. The molecule has 0 fully saturated rings. The molecule has 1 rings (SSSR count). The second-order valence-corrected chi connectivity index (χ2v) is 4.10. The summed E-state index contributed by atoms with van der Waals surface area (Å²) in [5, 5.41) is 0.765. The summed E-state index contributed by atoms with van der Waals surface area (Å²) in [7, 11) is 0. The van der Waals surface area contributed by atoms with E-state index in [0.29, 0.717) is 0 Å². The second-order valence-electron chi connectivity index (χ2n) is 3.66. The lowest BCUT2D eigenvalue weighted by atomic mass is 10.0. The molecule has 0 aliphatic rings. The molecule has 1 atom stereocenters. The summed E-state index contributed by atoms with van der Waals surface area (Å²) in [6.45, 7) is 1.85. The van der Waals surface area contributed by atoms with Crippen LogP contribution in [0.4, 0.5) is 0 Å². The van der Waals surface area contributed by atoms with Gasteiger partial charge in [-0.25, -0.2) is 0 Å². The van der Waals surface area contributed by atoms with Gasteiger partial charge in [0.2, 0.25) is 0 Å². The molecule has 0 aromatic heterocycles. The lowest BCUT2D eigenvalue weighted by Gasteiger charge is -2.14. The van der Waals surface area contributed by atoms with Crippen molar-refractivity contribution >= 4 is 11.6 Å². The van der Waals surface area contributed by atoms with Gasteiger partial charge in [0.25, 0.3) is 0 Å². The quantitative estimate of drug-likeness (QED) is 0.468. The standard InChI is InChI=1S/C13H17ClN2/c1-2-3-4-8-13(16-15)10-11-6-5-7-12(14)9-11/h5-7,9,13,16H,4,8,10,15H2,1H3. The Kier molecular flexibility index (Phi) is 5.95. The lowest BCUT2D eigenvalue weighted by molar-refractivity contribution is 0.498. The van der Waals surface area contributed by atoms with Crippen molar-refractivity contribution in [3.8, 4) is 11.8 Å². The Hall–Kier alpha value is -1.01. The Morgan fingerprint density at radius 1 is 1.50 bits per heavy atom. The highest BCUT2D eigenvalue weighted by Crippen LogP contribution is 2.13. The molecule has 16 heavy (non-hydrogen) atoms. The molecule has 1 unspecified atom stereocenters. The van der Waals surface area contributed by atoms with E-state index in [1.807, 2.05) is 25.1 Å². The molecule has 0 aliphatic heterocycles. The molecule has 0 aliphatic carbocycles. The molecule has 3 heteroatoms. The predicted molar refractivity (Wildman–Crippen MR) is 69.0 cm³/mol. The Labute approximate surface area is 102 Å². The van der Waals surface area contributed by atoms with Crippen LogP contribution in [0, 0.1) is 11.8 Å². The molecule has 0 radical (unpaired) electrons. The fraction of sp³-hybridized carbons (Fsp3) is 0.385. The van der Waals surface area contributed by atoms with Gasteiger partial charge in [-0.15, -0.1) is 11.8 Å². The maximum atomic E-state index is 5.92. The van der Waals surface area contributed by atoms with E-state index in [0.717, 1.165) is 24.3 Å². The maximum Gasteiger partial charge on any atom is 0.0408 e. The number of benzene rings is 1. The molecule has 3 N–H and O–H groups in total. The van der Waals surface area contributed by atoms with Crippen molar-refractivity contribution in [1.29, 1.82) is 0 Å². The molecule has 0 bridgehead atoms. The number of rotatable bonds is 5. The smallest absolute Gasteiger partial charge is 0.0408 e. The van der Waals surface area contributed by atoms with Gasteiger partial charge in [0.15, 0.2) is 0 Å². The van der Waals surface area contributed by atoms with Gasteiger partial charge in [0.1, 0.15) is 0 Å². The normalized spacial score (nSPS) is 11.7. The first-order valence-electron chi connectivity index (χ1n) is 5.36. The van der Waals surface area contributed by atoms with Gasteiger partial charge >= 0.3 is 0 Å². The van der Waals surface area contributed by atoms with E-state index >= 15 is 0 Å². The van der Waals surface area contributed by atoms with Crippen LogP contribution in [-0.4, -0.2) is 6.04 Å². The third kappa shape index (κ3) is 4.67. The lowest BCUT2D eigenvalue weighted by Crippen LogP contribution is -2.36. The molecule has 0 saturated heterocycles. The topological polar surface area (TPSA) is 38.0 Å². The summed E-state index contributed by atoms with van der Waals surface area (Å²) in [5.74, 6) is 11.4. The maximum absolute atomic E-state index is 5.92. The first kappa shape index (κ1) is 13.1. The average Bonchev–Trinajstić information content (AvgIpc) is 2.28. The molecule has 1 aromatic rings. The van der Waals surface area contributed by atoms with Crippen molar-refractivity contribution in [1.82, 2.24) is 5.43 Å². The zero-order valence-corrected chi connectivity index (χ0v) is 10.2. The number of halogens is 1. The molecule has 86 valence electrons. The van der Waals surface area contributed by atoms with Crippen LogP contribution in [0.3, 0.4) is 0 Å². The van der Waals surface area contributed by atoms with Crippen LogP contribution >= 0.6 is 11.6 Å². The summed E-state index contributed by atoms with van der Waals surface area (Å²) in [6, 6.07) is 8.11. The van der Waals surface area contributed by atoms with E-state index in [9.17, 15) is 0 Å². The van der Waals surface area contributed by atoms with Crippen molar-refractivity contribution in [2.45, 2.75) is 32.2 Å². The van der Waals surface area contributed by atoms with Gasteiger partial charge in [-0.3, -0.25) is 11.3 Å². The summed E-state index contributed by atoms with van der Waals surface area (Å²) in [4.78, 5) is 0. The van der Waals surface area contributed by atoms with Crippen LogP contribution in [0.15, 0.2) is 24.3 Å². The minimum Gasteiger partial charge on any atom is -0.271 e. The molecule has 0 amide bonds. The number of hydrogen-bond donors (Lipinski definition) is 2. The monoisotopic (exact) mass is 236 g/mol. The van der Waals surface area contributed by atoms with E-state index in [2.05, 4.69) is 23.3 Å². The highest BCUT2D eigenvalue weighted by Gasteiger charge is 2.06. The predicted octanol–water partition coefficient (Wildman–Crippen LogP) is 2.52. The highest BCUT2D eigenvalue weighted by molar-refractivity contribution is 6.30. The first-order valence-corrected chi connectivity index (χ1v) is 5.74. The van der Waals surface area contributed by atoms with Crippen molar-refractivity contribution < 1.29 is 0 Å². The summed E-state index contributed by atoms with van der Waals surface area (Å²) in [5.41, 5.74) is 4.01. The Bertz CT molecular complexity index is 379. The third-order valence-corrected chi connectivity index (χ3v) is 2.64. The molecular weight excluding hydrogens is 220 g/mol. The van der Waals surface area contributed by atoms with E-state index in [4.69, 9.17) is 17.4 Å². The largest absolute Gasteiger partial charge is 0.271 e. The van der Waals surface area contributed by atoms with Gasteiger partial charge in [-0.2, -0.15) is 0 Å². The zero-order chi connectivity index (χ0) is 11.8. The van der Waals surface area contributed by atoms with Crippen molar-refractivity contribution in [3.63, 3.8) is 0 Å². The minimum atomic E-state index is 0.249. The van der Waals surface area contributed by atoms with Crippen molar-refractivity contribution in [2.75, 3.05) is 0 Å². The summed E-state index contributed by atoms with van der Waals surface area (Å²) in [6.07, 6.45) is 2.69. The van der Waals surface area contributed by atoms with Crippen LogP contribution in [-0.2, 0) is 6.42 Å². The van der Waals surface area contributed by atoms with E-state index in [1.165, 1.54) is 5.56 Å². The van der Waals surface area contributed by atoms with Crippen LogP contribution in [0.2, 0.25) is 5.02 Å². The highest BCUT2D eigenvalue weighted by atomic mass is 35.5. The van der Waals surface area contributed by atoms with E-state index < -0.39 is 0 Å². The van der Waals surface area contributed by atoms with Crippen LogP contribution in [0.1, 0.15) is 25.3 Å². The Morgan fingerprint density at radius 2 is 2.31 bits per heavy atom. The van der Waals surface area contributed by atoms with Crippen LogP contribution in [0.5, 0.6) is 0 Å². The summed E-state index contributed by atoms with van der Waals surface area (Å²) >= 11 is 5.92. The fourth-order valence-electron chi connectivity index (χ4n) is 1.56. The molecule has 1 aromatic carbocycles. The van der Waals surface area contributed by atoms with Crippen LogP contribution < -0.4 is 11.3 Å². The van der Waals surface area contributed by atoms with Crippen molar-refractivity contribution in [3.05, 3.63) is 34.9 Å². The minimum absolute atomic E-state index is 0.249. The van der Waals surface area contributed by atoms with Crippen LogP contribution in [0.25, 0.3) is 0 Å². The summed E-state index contributed by atoms with van der Waals surface area (Å²) < 4.78 is 0. The molecule has 0 heterocycles. The van der Waals surface area contributed by atoms with Gasteiger partial charge in [0.05, 0.1) is 0 Å². The van der Waals surface area contributed by atoms with E-state index in [-0.39, 0.29) is 6.04 Å². The second kappa shape index (κ2) is 7.29. The fourth-order valence-corrected chi connectivity index (χ4v) is 1.78. The van der Waals surface area contributed by atoms with Crippen molar-refractivity contribution in [2.24, 2.45) is 5.84 Å². The molecule has 2 nitrogen and oxygen atoms in total.